The molecule has 542 valence electrons. The minimum Gasteiger partial charge on any atom is -0.456 e. The van der Waals surface area contributed by atoms with Crippen LogP contribution in [0.4, 0.5) is 34.1 Å². The number of fused-ring (bicyclic) bond motifs is 12. The first-order valence-electron chi connectivity index (χ1n) is 39.5. The molecular formula is C105H100N2O2. The van der Waals surface area contributed by atoms with Gasteiger partial charge in [0.25, 0.3) is 0 Å². The fourth-order valence-electron chi connectivity index (χ4n) is 18.0. The van der Waals surface area contributed by atoms with Crippen LogP contribution in [0.5, 0.6) is 0 Å². The maximum absolute atomic E-state index is 6.58. The molecule has 0 atom stereocenters. The first kappa shape index (κ1) is 69.8. The normalized spacial score (nSPS) is 14.2. The van der Waals surface area contributed by atoms with Crippen molar-refractivity contribution in [3.8, 4) is 44.5 Å². The molecule has 2 aliphatic heterocycles. The van der Waals surface area contributed by atoms with Crippen molar-refractivity contribution in [2.45, 2.75) is 175 Å². The van der Waals surface area contributed by atoms with Crippen molar-refractivity contribution in [2.24, 2.45) is 0 Å². The van der Waals surface area contributed by atoms with Crippen LogP contribution in [0, 0.1) is 0 Å². The number of hydrogen-bond donors (Lipinski definition) is 0. The summed E-state index contributed by atoms with van der Waals surface area (Å²) >= 11 is 0. The van der Waals surface area contributed by atoms with Crippen molar-refractivity contribution in [1.82, 2.24) is 0 Å². The first-order valence-corrected chi connectivity index (χ1v) is 39.5. The Hall–Kier alpha value is -10.9. The molecule has 0 amide bonds. The van der Waals surface area contributed by atoms with Crippen LogP contribution in [0.2, 0.25) is 0 Å². The standard InChI is InChI=1S/C105H100N2O2/c1-100(2,3)71-43-35-62(36-44-71)81-58-73(102(7,8)9)60-85(104(13,14)15)98(81)106-87-54-66(64-41-49-93-83(52-64)77-31-23-25-33-91(77)108-93)39-47-79(87)96-80-48-40-67(65-42-50-94-84(53-65)78-32-24-26-34-92(78)109-94)55-88(80)107(90-57-70(56-89(106)97(90)96)95-75-29-21-19-27-68(75)51-69-28-20-22-30-76(69)95)99-82(63-37-45-72(46-38-63)101(4,5)6)59-74(103(10,11)12)61-86(99)105(16,17)18/h19-50,52-61,95-96H,51H2,1-18H3. The molecule has 4 nitrogen and oxygen atoms in total. The summed E-state index contributed by atoms with van der Waals surface area (Å²) in [6, 6.07) is 99.1. The Kier molecular flexibility index (Phi) is 15.9. The van der Waals surface area contributed by atoms with Crippen LogP contribution in [0.1, 0.15) is 214 Å². The van der Waals surface area contributed by atoms with Crippen molar-refractivity contribution in [3.63, 3.8) is 0 Å². The van der Waals surface area contributed by atoms with Crippen molar-refractivity contribution in [3.05, 3.63) is 333 Å². The van der Waals surface area contributed by atoms with Gasteiger partial charge in [-0.25, -0.2) is 0 Å². The summed E-state index contributed by atoms with van der Waals surface area (Å²) in [6.07, 6.45) is 0.868. The molecule has 0 unspecified atom stereocenters. The number of furan rings is 2. The van der Waals surface area contributed by atoms with E-state index in [1.807, 2.05) is 0 Å². The van der Waals surface area contributed by atoms with Gasteiger partial charge in [-0.1, -0.05) is 307 Å². The van der Waals surface area contributed by atoms with Crippen molar-refractivity contribution >= 4 is 78.0 Å². The van der Waals surface area contributed by atoms with Crippen LogP contribution in [-0.4, -0.2) is 0 Å². The lowest BCUT2D eigenvalue weighted by Crippen LogP contribution is -2.32. The SMILES string of the molecule is CC(C)(C)c1ccc(-c2cc(C(C)(C)C)cc(C(C)(C)C)c2N2c3cc(-c4ccc5oc6ccccc6c5c4)ccc3C3c4ccc(-c5ccc6oc7ccccc7c6c5)cc4N(c4c(-c5ccc(C(C)(C)C)cc5)cc(C(C)(C)C)cc4C(C)(C)C)c4cc(C5c6ccccc6Cc6ccccc65)cc2c43)cc1. The number of hydrogen-bond acceptors (Lipinski definition) is 4. The minimum atomic E-state index is -0.355. The van der Waals surface area contributed by atoms with Crippen molar-refractivity contribution in [1.29, 1.82) is 0 Å². The van der Waals surface area contributed by atoms with E-state index < -0.39 is 0 Å². The van der Waals surface area contributed by atoms with Gasteiger partial charge in [0.15, 0.2) is 0 Å². The minimum absolute atomic E-state index is 0.0507. The second-order valence-electron chi connectivity index (χ2n) is 37.7. The van der Waals surface area contributed by atoms with Gasteiger partial charge in [-0.05, 0) is 217 Å². The van der Waals surface area contributed by atoms with Crippen LogP contribution >= 0.6 is 0 Å². The monoisotopic (exact) mass is 1420 g/mol. The Morgan fingerprint density at radius 1 is 0.266 bits per heavy atom. The average molecular weight is 1420 g/mol. The van der Waals surface area contributed by atoms with Gasteiger partial charge >= 0.3 is 0 Å². The zero-order chi connectivity index (χ0) is 75.9. The zero-order valence-corrected chi connectivity index (χ0v) is 66.8. The van der Waals surface area contributed by atoms with E-state index in [1.165, 1.54) is 123 Å². The highest BCUT2D eigenvalue weighted by atomic mass is 16.3. The third-order valence-electron chi connectivity index (χ3n) is 24.1. The molecule has 15 aromatic rings. The molecule has 109 heavy (non-hydrogen) atoms. The van der Waals surface area contributed by atoms with Crippen LogP contribution in [0.25, 0.3) is 88.4 Å². The Balaban J connectivity index is 1.03. The number of rotatable bonds is 7. The van der Waals surface area contributed by atoms with E-state index in [4.69, 9.17) is 8.83 Å². The van der Waals surface area contributed by atoms with Crippen LogP contribution in [0.15, 0.2) is 264 Å². The van der Waals surface area contributed by atoms with Gasteiger partial charge in [0.2, 0.25) is 0 Å². The van der Waals surface area contributed by atoms with Gasteiger partial charge < -0.3 is 18.6 Å². The van der Waals surface area contributed by atoms with Crippen LogP contribution in [-0.2, 0) is 38.9 Å². The van der Waals surface area contributed by atoms with Crippen LogP contribution in [0.3, 0.4) is 0 Å². The molecule has 3 aliphatic rings. The van der Waals surface area contributed by atoms with E-state index in [9.17, 15) is 0 Å². The average Bonchev–Trinajstić information content (AvgIpc) is 0.834. The molecule has 0 N–H and O–H groups in total. The topological polar surface area (TPSA) is 32.8 Å². The lowest BCUT2D eigenvalue weighted by atomic mass is 9.70. The Labute approximate surface area is 645 Å². The molecule has 0 bridgehead atoms. The molecule has 0 radical (unpaired) electrons. The predicted octanol–water partition coefficient (Wildman–Crippen LogP) is 29.8. The van der Waals surface area contributed by atoms with E-state index in [0.717, 1.165) is 83.9 Å². The van der Waals surface area contributed by atoms with Gasteiger partial charge in [-0.3, -0.25) is 0 Å². The second-order valence-corrected chi connectivity index (χ2v) is 37.7. The molecule has 18 rings (SSSR count). The predicted molar refractivity (Wildman–Crippen MR) is 462 cm³/mol. The summed E-state index contributed by atoms with van der Waals surface area (Å²) in [7, 11) is 0. The van der Waals surface area contributed by atoms with Crippen LogP contribution < -0.4 is 9.80 Å². The number of anilines is 6. The Bertz CT molecular complexity index is 5830. The molecule has 1 aliphatic carbocycles. The highest BCUT2D eigenvalue weighted by molar-refractivity contribution is 6.09. The summed E-state index contributed by atoms with van der Waals surface area (Å²) in [5, 5.41) is 4.44. The van der Waals surface area contributed by atoms with Gasteiger partial charge in [0.1, 0.15) is 22.3 Å². The van der Waals surface area contributed by atoms with E-state index in [0.29, 0.717) is 0 Å². The molecular weight excluding hydrogens is 1320 g/mol. The summed E-state index contributed by atoms with van der Waals surface area (Å²) < 4.78 is 13.2. The van der Waals surface area contributed by atoms with E-state index in [-0.39, 0.29) is 44.3 Å². The quantitative estimate of drug-likeness (QED) is 0.159. The van der Waals surface area contributed by atoms with E-state index in [2.05, 4.69) is 389 Å². The van der Waals surface area contributed by atoms with Crippen molar-refractivity contribution < 1.29 is 8.83 Å². The van der Waals surface area contributed by atoms with Crippen molar-refractivity contribution in [2.75, 3.05) is 9.80 Å². The third-order valence-corrected chi connectivity index (χ3v) is 24.1. The lowest BCUT2D eigenvalue weighted by Gasteiger charge is -2.48. The zero-order valence-electron chi connectivity index (χ0n) is 66.8. The highest BCUT2D eigenvalue weighted by Gasteiger charge is 2.46. The highest BCUT2D eigenvalue weighted by Crippen LogP contribution is 2.66. The molecule has 0 spiro atoms. The number of benzene rings is 13. The Morgan fingerprint density at radius 3 is 1.01 bits per heavy atom. The summed E-state index contributed by atoms with van der Waals surface area (Å²) in [5.41, 5.74) is 37.0. The van der Waals surface area contributed by atoms with Gasteiger partial charge in [0, 0.05) is 50.1 Å². The summed E-state index contributed by atoms with van der Waals surface area (Å²) in [6.45, 7) is 42.9. The first-order chi connectivity index (χ1) is 51.8. The summed E-state index contributed by atoms with van der Waals surface area (Å²) in [5.74, 6) is -0.364. The summed E-state index contributed by atoms with van der Waals surface area (Å²) in [4.78, 5) is 5.59. The van der Waals surface area contributed by atoms with E-state index >= 15 is 0 Å². The maximum Gasteiger partial charge on any atom is 0.135 e. The maximum atomic E-state index is 6.58. The molecule has 0 fully saturated rings. The molecule has 0 saturated carbocycles. The van der Waals surface area contributed by atoms with Gasteiger partial charge in [-0.2, -0.15) is 0 Å². The fourth-order valence-corrected chi connectivity index (χ4v) is 18.0. The lowest BCUT2D eigenvalue weighted by molar-refractivity contribution is 0.569. The second kappa shape index (κ2) is 24.8. The Morgan fingerprint density at radius 2 is 0.615 bits per heavy atom. The largest absolute Gasteiger partial charge is 0.456 e. The molecule has 4 heterocycles. The molecule has 0 saturated heterocycles. The number of nitrogens with zero attached hydrogens (tertiary/aromatic N) is 2. The van der Waals surface area contributed by atoms with Gasteiger partial charge in [0.05, 0.1) is 34.1 Å². The molecule has 13 aromatic carbocycles. The molecule has 4 heteroatoms. The third kappa shape index (κ3) is 11.8. The smallest absolute Gasteiger partial charge is 0.135 e. The van der Waals surface area contributed by atoms with E-state index in [1.54, 1.807) is 0 Å². The molecule has 2 aromatic heterocycles. The number of para-hydroxylation sites is 2. The fraction of sp³-hybridized carbons (Fsp3) is 0.257. The van der Waals surface area contributed by atoms with Gasteiger partial charge in [-0.15, -0.1) is 0 Å².